The van der Waals surface area contributed by atoms with Crippen LogP contribution in [0.1, 0.15) is 98.8 Å². The van der Waals surface area contributed by atoms with Gasteiger partial charge in [0.15, 0.2) is 0 Å². The Bertz CT molecular complexity index is 705. The lowest BCUT2D eigenvalue weighted by molar-refractivity contribution is -0.154. The van der Waals surface area contributed by atoms with Gasteiger partial charge in [-0.1, -0.05) is 13.8 Å². The van der Waals surface area contributed by atoms with Gasteiger partial charge < -0.3 is 24.8 Å². The van der Waals surface area contributed by atoms with E-state index in [-0.39, 0.29) is 36.9 Å². The fourth-order valence-corrected chi connectivity index (χ4v) is 4.25. The van der Waals surface area contributed by atoms with Crippen LogP contribution >= 0.6 is 0 Å². The highest BCUT2D eigenvalue weighted by molar-refractivity contribution is 5.90. The molecule has 0 aromatic rings. The number of esters is 2. The van der Waals surface area contributed by atoms with Crippen LogP contribution in [0.3, 0.4) is 0 Å². The Balaban J connectivity index is 2.01. The molecule has 34 heavy (non-hydrogen) atoms. The van der Waals surface area contributed by atoms with Crippen molar-refractivity contribution >= 4 is 23.9 Å². The molecule has 2 amide bonds. The first-order chi connectivity index (χ1) is 15.9. The van der Waals surface area contributed by atoms with Gasteiger partial charge in [0.25, 0.3) is 0 Å². The Morgan fingerprint density at radius 2 is 1.38 bits per heavy atom. The maximum Gasteiger partial charge on any atom is 0.408 e. The predicted molar refractivity (Wildman–Crippen MR) is 126 cm³/mol. The van der Waals surface area contributed by atoms with Crippen LogP contribution in [0.15, 0.2) is 0 Å². The summed E-state index contributed by atoms with van der Waals surface area (Å²) in [5.74, 6) is -1.73. The molecule has 0 heterocycles. The maximum absolute atomic E-state index is 13.1. The van der Waals surface area contributed by atoms with Crippen LogP contribution in [0.2, 0.25) is 0 Å². The molecule has 0 radical (unpaired) electrons. The molecule has 2 N–H and O–H groups in total. The summed E-state index contributed by atoms with van der Waals surface area (Å²) >= 11 is 0. The number of hydrogen-bond donors (Lipinski definition) is 2. The van der Waals surface area contributed by atoms with Gasteiger partial charge in [0.2, 0.25) is 5.91 Å². The molecule has 2 rings (SSSR count). The number of nitrogens with one attached hydrogen (secondary N) is 2. The van der Waals surface area contributed by atoms with Crippen LogP contribution in [0.5, 0.6) is 0 Å². The Labute approximate surface area is 203 Å². The highest BCUT2D eigenvalue weighted by Crippen LogP contribution is 2.23. The Morgan fingerprint density at radius 1 is 0.853 bits per heavy atom. The van der Waals surface area contributed by atoms with E-state index in [9.17, 15) is 19.2 Å². The van der Waals surface area contributed by atoms with Crippen molar-refractivity contribution in [2.24, 2.45) is 5.92 Å². The zero-order chi connectivity index (χ0) is 25.3. The second kappa shape index (κ2) is 13.0. The molecule has 2 aliphatic carbocycles. The summed E-state index contributed by atoms with van der Waals surface area (Å²) in [5, 5.41) is 5.28. The molecule has 9 heteroatoms. The number of rotatable bonds is 10. The van der Waals surface area contributed by atoms with E-state index in [2.05, 4.69) is 10.6 Å². The SMILES string of the molecule is CC(C)C(NC(=O)OC(C)(C)C)C(=O)NC(CCC(=O)OC1CCCC1)C(=O)OC1CCCC1. The lowest BCUT2D eigenvalue weighted by Gasteiger charge is -2.27. The van der Waals surface area contributed by atoms with Gasteiger partial charge in [-0.15, -0.1) is 0 Å². The van der Waals surface area contributed by atoms with Crippen molar-refractivity contribution < 1.29 is 33.4 Å². The van der Waals surface area contributed by atoms with Crippen LogP contribution in [-0.4, -0.2) is 53.8 Å². The van der Waals surface area contributed by atoms with E-state index < -0.39 is 35.7 Å². The first-order valence-electron chi connectivity index (χ1n) is 12.6. The fourth-order valence-electron chi connectivity index (χ4n) is 4.25. The van der Waals surface area contributed by atoms with Crippen molar-refractivity contribution in [3.63, 3.8) is 0 Å². The molecule has 0 bridgehead atoms. The highest BCUT2D eigenvalue weighted by Gasteiger charge is 2.33. The minimum Gasteiger partial charge on any atom is -0.462 e. The van der Waals surface area contributed by atoms with Crippen LogP contribution in [-0.2, 0) is 28.6 Å². The van der Waals surface area contributed by atoms with Crippen molar-refractivity contribution in [3.8, 4) is 0 Å². The summed E-state index contributed by atoms with van der Waals surface area (Å²) in [7, 11) is 0. The van der Waals surface area contributed by atoms with E-state index in [0.29, 0.717) is 0 Å². The number of ether oxygens (including phenoxy) is 3. The molecule has 2 unspecified atom stereocenters. The number of alkyl carbamates (subject to hydrolysis) is 1. The number of carbonyl (C=O) groups excluding carboxylic acids is 4. The van der Waals surface area contributed by atoms with Crippen LogP contribution in [0.25, 0.3) is 0 Å². The zero-order valence-electron chi connectivity index (χ0n) is 21.3. The summed E-state index contributed by atoms with van der Waals surface area (Å²) in [6.45, 7) is 8.77. The molecule has 0 aromatic heterocycles. The second-order valence-electron chi connectivity index (χ2n) is 10.7. The first kappa shape index (κ1) is 27.9. The van der Waals surface area contributed by atoms with E-state index in [1.54, 1.807) is 34.6 Å². The van der Waals surface area contributed by atoms with E-state index in [1.165, 1.54) is 0 Å². The quantitative estimate of drug-likeness (QED) is 0.359. The smallest absolute Gasteiger partial charge is 0.408 e. The van der Waals surface area contributed by atoms with Crippen molar-refractivity contribution in [2.45, 2.75) is 129 Å². The fraction of sp³-hybridized carbons (Fsp3) is 0.840. The molecule has 2 saturated carbocycles. The van der Waals surface area contributed by atoms with Gasteiger partial charge in [0.1, 0.15) is 29.9 Å². The van der Waals surface area contributed by atoms with Crippen LogP contribution in [0.4, 0.5) is 4.79 Å². The third kappa shape index (κ3) is 9.89. The van der Waals surface area contributed by atoms with E-state index >= 15 is 0 Å². The molecule has 2 fully saturated rings. The summed E-state index contributed by atoms with van der Waals surface area (Å²) in [5.41, 5.74) is -0.713. The lowest BCUT2D eigenvalue weighted by Crippen LogP contribution is -2.54. The number of amides is 2. The van der Waals surface area contributed by atoms with E-state index in [4.69, 9.17) is 14.2 Å². The topological polar surface area (TPSA) is 120 Å². The summed E-state index contributed by atoms with van der Waals surface area (Å²) in [6, 6.07) is -1.92. The average Bonchev–Trinajstić information content (AvgIpc) is 3.41. The third-order valence-electron chi connectivity index (χ3n) is 6.04. The van der Waals surface area contributed by atoms with Crippen molar-refractivity contribution in [1.29, 1.82) is 0 Å². The standard InChI is InChI=1S/C25H42N2O7/c1-16(2)21(27-24(31)34-25(3,4)5)22(29)26-19(23(30)33-18-12-8-9-13-18)14-15-20(28)32-17-10-6-7-11-17/h16-19,21H,6-15H2,1-5H3,(H,26,29)(H,27,31). The summed E-state index contributed by atoms with van der Waals surface area (Å²) in [4.78, 5) is 50.5. The van der Waals surface area contributed by atoms with Crippen molar-refractivity contribution in [2.75, 3.05) is 0 Å². The van der Waals surface area contributed by atoms with Crippen LogP contribution < -0.4 is 10.6 Å². The van der Waals surface area contributed by atoms with Gasteiger partial charge in [0.05, 0.1) is 0 Å². The predicted octanol–water partition coefficient (Wildman–Crippen LogP) is 3.77. The lowest BCUT2D eigenvalue weighted by atomic mass is 10.0. The zero-order valence-corrected chi connectivity index (χ0v) is 21.3. The molecule has 9 nitrogen and oxygen atoms in total. The van der Waals surface area contributed by atoms with Crippen molar-refractivity contribution in [3.05, 3.63) is 0 Å². The largest absolute Gasteiger partial charge is 0.462 e. The molecular weight excluding hydrogens is 440 g/mol. The number of hydrogen-bond acceptors (Lipinski definition) is 7. The Hall–Kier alpha value is -2.32. The highest BCUT2D eigenvalue weighted by atomic mass is 16.6. The summed E-state index contributed by atoms with van der Waals surface area (Å²) in [6.07, 6.45) is 6.53. The van der Waals surface area contributed by atoms with Crippen LogP contribution in [0, 0.1) is 5.92 Å². The third-order valence-corrected chi connectivity index (χ3v) is 6.04. The molecule has 0 spiro atoms. The minimum atomic E-state index is -1.01. The van der Waals surface area contributed by atoms with Gasteiger partial charge in [-0.05, 0) is 84.5 Å². The van der Waals surface area contributed by atoms with E-state index in [0.717, 1.165) is 51.4 Å². The summed E-state index contributed by atoms with van der Waals surface area (Å²) < 4.78 is 16.4. The first-order valence-corrected chi connectivity index (χ1v) is 12.6. The monoisotopic (exact) mass is 482 g/mol. The molecule has 194 valence electrons. The molecule has 2 atom stereocenters. The van der Waals surface area contributed by atoms with Gasteiger partial charge in [-0.25, -0.2) is 9.59 Å². The second-order valence-corrected chi connectivity index (χ2v) is 10.7. The Kier molecular flexibility index (Phi) is 10.6. The maximum atomic E-state index is 13.1. The van der Waals surface area contributed by atoms with Crippen molar-refractivity contribution in [1.82, 2.24) is 10.6 Å². The Morgan fingerprint density at radius 3 is 1.88 bits per heavy atom. The van der Waals surface area contributed by atoms with Gasteiger partial charge >= 0.3 is 18.0 Å². The normalized spacial score (nSPS) is 18.9. The minimum absolute atomic E-state index is 0.00689. The van der Waals surface area contributed by atoms with Gasteiger partial charge in [0, 0.05) is 6.42 Å². The van der Waals surface area contributed by atoms with Gasteiger partial charge in [-0.2, -0.15) is 0 Å². The van der Waals surface area contributed by atoms with E-state index in [1.807, 2.05) is 0 Å². The molecular formula is C25H42N2O7. The van der Waals surface area contributed by atoms with Gasteiger partial charge in [-0.3, -0.25) is 9.59 Å². The molecule has 0 saturated heterocycles. The molecule has 2 aliphatic rings. The molecule has 0 aliphatic heterocycles. The molecule has 0 aromatic carbocycles. The number of carbonyl (C=O) groups is 4. The average molecular weight is 483 g/mol.